The zero-order chi connectivity index (χ0) is 15.7. The normalized spacial score (nSPS) is 17.0. The Hall–Kier alpha value is -2.55. The van der Waals surface area contributed by atoms with Gasteiger partial charge in [-0.2, -0.15) is 5.26 Å². The topological polar surface area (TPSA) is 52.8 Å². The van der Waals surface area contributed by atoms with Gasteiger partial charge in [0.15, 0.2) is 11.6 Å². The maximum Gasteiger partial charge on any atom is 0.159 e. The fraction of sp³-hybridized carbons (Fsp3) is 0.312. The van der Waals surface area contributed by atoms with Gasteiger partial charge in [0.25, 0.3) is 0 Å². The molecule has 0 radical (unpaired) electrons. The van der Waals surface area contributed by atoms with Crippen LogP contribution in [0.4, 0.5) is 14.6 Å². The van der Waals surface area contributed by atoms with Crippen molar-refractivity contribution in [2.45, 2.75) is 25.8 Å². The lowest BCUT2D eigenvalue weighted by molar-refractivity contribution is 0.492. The average Bonchev–Trinajstić information content (AvgIpc) is 2.55. The molecular weight excluding hydrogens is 286 g/mol. The van der Waals surface area contributed by atoms with Crippen molar-refractivity contribution in [3.05, 3.63) is 53.0 Å². The van der Waals surface area contributed by atoms with Crippen molar-refractivity contribution in [2.75, 3.05) is 11.4 Å². The van der Waals surface area contributed by atoms with Crippen molar-refractivity contribution in [1.29, 1.82) is 5.26 Å². The first kappa shape index (κ1) is 14.4. The first-order chi connectivity index (χ1) is 10.6. The molecule has 1 aromatic heterocycles. The zero-order valence-corrected chi connectivity index (χ0v) is 12.1. The predicted molar refractivity (Wildman–Crippen MR) is 77.2 cm³/mol. The fourth-order valence-electron chi connectivity index (χ4n) is 2.97. The van der Waals surface area contributed by atoms with Gasteiger partial charge in [-0.3, -0.25) is 0 Å². The van der Waals surface area contributed by atoms with E-state index < -0.39 is 11.6 Å². The molecule has 112 valence electrons. The fourth-order valence-corrected chi connectivity index (χ4v) is 2.97. The van der Waals surface area contributed by atoms with Crippen LogP contribution in [0.15, 0.2) is 24.5 Å². The van der Waals surface area contributed by atoms with E-state index in [4.69, 9.17) is 5.26 Å². The minimum absolute atomic E-state index is 0.0970. The lowest BCUT2D eigenvalue weighted by Gasteiger charge is -2.37. The number of fused-ring (bicyclic) bond motifs is 1. The summed E-state index contributed by atoms with van der Waals surface area (Å²) in [4.78, 5) is 10.1. The molecule has 0 spiro atoms. The lowest BCUT2D eigenvalue weighted by atomic mass is 9.90. The van der Waals surface area contributed by atoms with Crippen molar-refractivity contribution in [3.63, 3.8) is 0 Å². The number of anilines is 1. The number of halogens is 2. The third-order valence-electron chi connectivity index (χ3n) is 3.99. The van der Waals surface area contributed by atoms with E-state index in [0.29, 0.717) is 18.8 Å². The number of rotatable bonds is 2. The Balaban J connectivity index is 2.04. The molecule has 0 saturated carbocycles. The third kappa shape index (κ3) is 2.39. The summed E-state index contributed by atoms with van der Waals surface area (Å²) in [5, 5.41) is 8.96. The van der Waals surface area contributed by atoms with E-state index in [2.05, 4.69) is 9.97 Å². The molecule has 1 aliphatic rings. The van der Waals surface area contributed by atoms with Gasteiger partial charge in [-0.05, 0) is 36.1 Å². The maximum absolute atomic E-state index is 13.6. The van der Waals surface area contributed by atoms with Crippen LogP contribution in [0.3, 0.4) is 0 Å². The smallest absolute Gasteiger partial charge is 0.159 e. The van der Waals surface area contributed by atoms with Crippen molar-refractivity contribution in [2.24, 2.45) is 0 Å². The van der Waals surface area contributed by atoms with Gasteiger partial charge < -0.3 is 4.90 Å². The monoisotopic (exact) mass is 300 g/mol. The van der Waals surface area contributed by atoms with E-state index in [1.807, 2.05) is 17.9 Å². The predicted octanol–water partition coefficient (Wildman–Crippen LogP) is 3.14. The molecule has 0 saturated heterocycles. The van der Waals surface area contributed by atoms with Crippen LogP contribution in [0.25, 0.3) is 0 Å². The number of aromatic nitrogens is 2. The molecule has 0 amide bonds. The molecule has 4 nitrogen and oxygen atoms in total. The van der Waals surface area contributed by atoms with Gasteiger partial charge in [0.1, 0.15) is 23.9 Å². The molecule has 1 atom stereocenters. The zero-order valence-electron chi connectivity index (χ0n) is 12.1. The van der Waals surface area contributed by atoms with E-state index in [1.165, 1.54) is 18.5 Å². The minimum Gasteiger partial charge on any atom is -0.349 e. The summed E-state index contributed by atoms with van der Waals surface area (Å²) < 4.78 is 27.0. The van der Waals surface area contributed by atoms with Crippen LogP contribution in [0.2, 0.25) is 0 Å². The molecule has 0 fully saturated rings. The Morgan fingerprint density at radius 3 is 2.77 bits per heavy atom. The molecule has 0 N–H and O–H groups in total. The molecule has 0 bridgehead atoms. The first-order valence-corrected chi connectivity index (χ1v) is 7.10. The Morgan fingerprint density at radius 1 is 1.27 bits per heavy atom. The standard InChI is InChI=1S/C16H14F2N4/c1-2-15-12-7-14(18)13(17)5-10(12)3-4-22(15)16-6-11(8-19)20-9-21-16/h5-7,9,15H,2-4H2,1H3. The van der Waals surface area contributed by atoms with Crippen LogP contribution in [-0.4, -0.2) is 16.5 Å². The van der Waals surface area contributed by atoms with Crippen molar-refractivity contribution in [1.82, 2.24) is 9.97 Å². The van der Waals surface area contributed by atoms with Gasteiger partial charge in [0.2, 0.25) is 0 Å². The average molecular weight is 300 g/mol. The van der Waals surface area contributed by atoms with Crippen molar-refractivity contribution < 1.29 is 8.78 Å². The molecular formula is C16H14F2N4. The van der Waals surface area contributed by atoms with Gasteiger partial charge in [0, 0.05) is 12.6 Å². The summed E-state index contributed by atoms with van der Waals surface area (Å²) in [6.45, 7) is 2.62. The summed E-state index contributed by atoms with van der Waals surface area (Å²) in [5.74, 6) is -1.01. The van der Waals surface area contributed by atoms with Crippen LogP contribution in [0.5, 0.6) is 0 Å². The highest BCUT2D eigenvalue weighted by Gasteiger charge is 2.28. The van der Waals surface area contributed by atoms with Gasteiger partial charge in [0.05, 0.1) is 6.04 Å². The summed E-state index contributed by atoms with van der Waals surface area (Å²) >= 11 is 0. The highest BCUT2D eigenvalue weighted by atomic mass is 19.2. The number of nitriles is 1. The Kier molecular flexibility index (Phi) is 3.72. The molecule has 1 unspecified atom stereocenters. The Bertz CT molecular complexity index is 754. The van der Waals surface area contributed by atoms with Crippen LogP contribution < -0.4 is 4.90 Å². The van der Waals surface area contributed by atoms with Crippen molar-refractivity contribution in [3.8, 4) is 6.07 Å². The molecule has 1 aliphatic heterocycles. The third-order valence-corrected chi connectivity index (χ3v) is 3.99. The minimum atomic E-state index is -0.834. The molecule has 3 rings (SSSR count). The summed E-state index contributed by atoms with van der Waals surface area (Å²) in [6.07, 6.45) is 2.68. The second kappa shape index (κ2) is 5.68. The molecule has 0 aliphatic carbocycles. The second-order valence-corrected chi connectivity index (χ2v) is 5.21. The van der Waals surface area contributed by atoms with Gasteiger partial charge in [-0.1, -0.05) is 6.92 Å². The quantitative estimate of drug-likeness (QED) is 0.855. The molecule has 2 heterocycles. The lowest BCUT2D eigenvalue weighted by Crippen LogP contribution is -2.36. The Labute approximate surface area is 127 Å². The first-order valence-electron chi connectivity index (χ1n) is 7.10. The number of hydrogen-bond acceptors (Lipinski definition) is 4. The Morgan fingerprint density at radius 2 is 2.05 bits per heavy atom. The van der Waals surface area contributed by atoms with Crippen LogP contribution >= 0.6 is 0 Å². The van der Waals surface area contributed by atoms with Gasteiger partial charge in [-0.25, -0.2) is 18.7 Å². The van der Waals surface area contributed by atoms with Gasteiger partial charge in [-0.15, -0.1) is 0 Å². The SMILES string of the molecule is CCC1c2cc(F)c(F)cc2CCN1c1cc(C#N)ncn1. The summed E-state index contributed by atoms with van der Waals surface area (Å²) in [6, 6.07) is 6.07. The van der Waals surface area contributed by atoms with E-state index in [0.717, 1.165) is 17.5 Å². The second-order valence-electron chi connectivity index (χ2n) is 5.21. The molecule has 22 heavy (non-hydrogen) atoms. The van der Waals surface area contributed by atoms with Crippen LogP contribution in [0.1, 0.15) is 36.2 Å². The molecule has 6 heteroatoms. The van der Waals surface area contributed by atoms with Gasteiger partial charge >= 0.3 is 0 Å². The highest BCUT2D eigenvalue weighted by molar-refractivity contribution is 5.49. The van der Waals surface area contributed by atoms with E-state index in [1.54, 1.807) is 6.07 Å². The summed E-state index contributed by atoms with van der Waals surface area (Å²) in [7, 11) is 0. The largest absolute Gasteiger partial charge is 0.349 e. The number of nitrogens with zero attached hydrogens (tertiary/aromatic N) is 4. The van der Waals surface area contributed by atoms with E-state index in [-0.39, 0.29) is 11.7 Å². The van der Waals surface area contributed by atoms with Crippen LogP contribution in [0, 0.1) is 23.0 Å². The van der Waals surface area contributed by atoms with E-state index in [9.17, 15) is 8.78 Å². The maximum atomic E-state index is 13.6. The summed E-state index contributed by atoms with van der Waals surface area (Å²) in [5.41, 5.74) is 1.90. The van der Waals surface area contributed by atoms with Crippen LogP contribution in [-0.2, 0) is 6.42 Å². The molecule has 1 aromatic carbocycles. The van der Waals surface area contributed by atoms with Crippen molar-refractivity contribution >= 4 is 5.82 Å². The van der Waals surface area contributed by atoms with E-state index >= 15 is 0 Å². The highest BCUT2D eigenvalue weighted by Crippen LogP contribution is 2.35. The molecule has 2 aromatic rings. The number of benzene rings is 1. The number of hydrogen-bond donors (Lipinski definition) is 0.